The Kier molecular flexibility index (Phi) is 4.84. The van der Waals surface area contributed by atoms with Gasteiger partial charge in [-0.15, -0.1) is 0 Å². The molecule has 0 radical (unpaired) electrons. The zero-order valence-electron chi connectivity index (χ0n) is 16.1. The van der Waals surface area contributed by atoms with Crippen molar-refractivity contribution < 1.29 is 19.1 Å². The lowest BCUT2D eigenvalue weighted by atomic mass is 9.83. The number of nitrogens with one attached hydrogen (secondary N) is 1. The molecular weight excluding hydrogens is 344 g/mol. The molecule has 1 atom stereocenters. The second-order valence-corrected chi connectivity index (χ2v) is 8.11. The van der Waals surface area contributed by atoms with Gasteiger partial charge in [0.15, 0.2) is 0 Å². The second kappa shape index (κ2) is 7.15. The summed E-state index contributed by atoms with van der Waals surface area (Å²) in [6, 6.07) is 6.86. The Hall–Kier alpha value is -2.08. The minimum absolute atomic E-state index is 0.101. The standard InChI is InChI=1S/C21H28N2O4/c1-14-9-11-21(12-10-14)23(17(13-27-21)19(24)22-15-7-8-15)20(25)16-5-3-4-6-18(16)26-2/h3-6,14-15,17H,7-13H2,1-2H3,(H,22,24). The number of para-hydroxylation sites is 1. The summed E-state index contributed by atoms with van der Waals surface area (Å²) < 4.78 is 11.6. The Labute approximate surface area is 160 Å². The molecule has 1 aromatic rings. The molecule has 146 valence electrons. The Bertz CT molecular complexity index is 723. The molecule has 1 N–H and O–H groups in total. The normalized spacial score (nSPS) is 30.4. The van der Waals surface area contributed by atoms with E-state index in [0.29, 0.717) is 17.2 Å². The number of hydrogen-bond acceptors (Lipinski definition) is 4. The van der Waals surface area contributed by atoms with Crippen molar-refractivity contribution in [3.05, 3.63) is 29.8 Å². The number of rotatable bonds is 4. The summed E-state index contributed by atoms with van der Waals surface area (Å²) in [7, 11) is 1.56. The van der Waals surface area contributed by atoms with Gasteiger partial charge in [-0.3, -0.25) is 14.5 Å². The van der Waals surface area contributed by atoms with Gasteiger partial charge in [0.25, 0.3) is 5.91 Å². The average molecular weight is 372 g/mol. The van der Waals surface area contributed by atoms with Crippen LogP contribution in [0.1, 0.15) is 55.8 Å². The molecular formula is C21H28N2O4. The lowest BCUT2D eigenvalue weighted by molar-refractivity contribution is -0.128. The topological polar surface area (TPSA) is 67.9 Å². The number of hydrogen-bond donors (Lipinski definition) is 1. The molecule has 6 heteroatoms. The summed E-state index contributed by atoms with van der Waals surface area (Å²) in [5, 5.41) is 3.05. The molecule has 2 aliphatic carbocycles. The molecule has 1 spiro atoms. The van der Waals surface area contributed by atoms with E-state index in [9.17, 15) is 9.59 Å². The summed E-state index contributed by atoms with van der Waals surface area (Å²) in [6.45, 7) is 2.49. The molecule has 2 amide bonds. The maximum atomic E-state index is 13.6. The van der Waals surface area contributed by atoms with E-state index < -0.39 is 11.8 Å². The van der Waals surface area contributed by atoms with Crippen molar-refractivity contribution >= 4 is 11.8 Å². The van der Waals surface area contributed by atoms with Gasteiger partial charge in [0.05, 0.1) is 19.3 Å². The lowest BCUT2D eigenvalue weighted by Crippen LogP contribution is -2.57. The molecule has 1 heterocycles. The third-order valence-corrected chi connectivity index (χ3v) is 6.10. The van der Waals surface area contributed by atoms with Crippen LogP contribution in [0, 0.1) is 5.92 Å². The van der Waals surface area contributed by atoms with Crippen LogP contribution in [0.15, 0.2) is 24.3 Å². The fourth-order valence-corrected chi connectivity index (χ4v) is 4.26. The van der Waals surface area contributed by atoms with E-state index in [1.165, 1.54) is 0 Å². The third-order valence-electron chi connectivity index (χ3n) is 6.10. The highest BCUT2D eigenvalue weighted by molar-refractivity contribution is 6.00. The third kappa shape index (κ3) is 3.43. The fraction of sp³-hybridized carbons (Fsp3) is 0.619. The Morgan fingerprint density at radius 2 is 1.89 bits per heavy atom. The molecule has 4 rings (SSSR count). The fourth-order valence-electron chi connectivity index (χ4n) is 4.26. The van der Waals surface area contributed by atoms with Crippen LogP contribution >= 0.6 is 0 Å². The molecule has 1 aromatic carbocycles. The van der Waals surface area contributed by atoms with Crippen LogP contribution in [0.5, 0.6) is 5.75 Å². The van der Waals surface area contributed by atoms with Crippen molar-refractivity contribution in [2.45, 2.75) is 63.3 Å². The Morgan fingerprint density at radius 1 is 1.19 bits per heavy atom. The zero-order chi connectivity index (χ0) is 19.0. The number of ether oxygens (including phenoxy) is 2. The number of carbonyl (C=O) groups excluding carboxylic acids is 2. The predicted octanol–water partition coefficient (Wildman–Crippen LogP) is 2.72. The first-order valence-electron chi connectivity index (χ1n) is 9.95. The van der Waals surface area contributed by atoms with Gasteiger partial charge in [-0.25, -0.2) is 0 Å². The maximum absolute atomic E-state index is 13.6. The number of nitrogens with zero attached hydrogens (tertiary/aromatic N) is 1. The van der Waals surface area contributed by atoms with Gasteiger partial charge in [-0.2, -0.15) is 0 Å². The first kappa shape index (κ1) is 18.3. The largest absolute Gasteiger partial charge is 0.496 e. The molecule has 0 aromatic heterocycles. The quantitative estimate of drug-likeness (QED) is 0.882. The van der Waals surface area contributed by atoms with Crippen LogP contribution in [0.3, 0.4) is 0 Å². The molecule has 0 bridgehead atoms. The van der Waals surface area contributed by atoms with Crippen LogP contribution in [0.2, 0.25) is 0 Å². The van der Waals surface area contributed by atoms with Crippen molar-refractivity contribution in [2.24, 2.45) is 5.92 Å². The lowest BCUT2D eigenvalue weighted by Gasteiger charge is -2.43. The van der Waals surface area contributed by atoms with Gasteiger partial charge in [0, 0.05) is 6.04 Å². The predicted molar refractivity (Wildman–Crippen MR) is 100 cm³/mol. The molecule has 1 saturated heterocycles. The van der Waals surface area contributed by atoms with Gasteiger partial charge >= 0.3 is 0 Å². The van der Waals surface area contributed by atoms with Crippen molar-refractivity contribution in [3.8, 4) is 5.75 Å². The average Bonchev–Trinajstić information content (AvgIpc) is 3.42. The smallest absolute Gasteiger partial charge is 0.260 e. The first-order valence-corrected chi connectivity index (χ1v) is 9.95. The van der Waals surface area contributed by atoms with E-state index in [-0.39, 0.29) is 24.5 Å². The molecule has 3 aliphatic rings. The number of carbonyl (C=O) groups is 2. The van der Waals surface area contributed by atoms with Crippen molar-refractivity contribution in [1.82, 2.24) is 10.2 Å². The maximum Gasteiger partial charge on any atom is 0.260 e. The van der Waals surface area contributed by atoms with Gasteiger partial charge < -0.3 is 14.8 Å². The van der Waals surface area contributed by atoms with E-state index in [1.54, 1.807) is 24.1 Å². The molecule has 2 saturated carbocycles. The summed E-state index contributed by atoms with van der Waals surface area (Å²) in [5.41, 5.74) is -0.205. The van der Waals surface area contributed by atoms with Crippen LogP contribution in [0.25, 0.3) is 0 Å². The second-order valence-electron chi connectivity index (χ2n) is 8.11. The van der Waals surface area contributed by atoms with E-state index in [2.05, 4.69) is 12.2 Å². The van der Waals surface area contributed by atoms with E-state index in [1.807, 2.05) is 12.1 Å². The van der Waals surface area contributed by atoms with Crippen LogP contribution in [-0.4, -0.2) is 48.2 Å². The monoisotopic (exact) mass is 372 g/mol. The highest BCUT2D eigenvalue weighted by atomic mass is 16.5. The van der Waals surface area contributed by atoms with E-state index >= 15 is 0 Å². The highest BCUT2D eigenvalue weighted by Crippen LogP contribution is 2.43. The van der Waals surface area contributed by atoms with E-state index in [4.69, 9.17) is 9.47 Å². The SMILES string of the molecule is COc1ccccc1C(=O)N1C(C(=O)NC2CC2)COC12CCC(C)CC2. The van der Waals surface area contributed by atoms with Crippen LogP contribution < -0.4 is 10.1 Å². The molecule has 1 aliphatic heterocycles. The van der Waals surface area contributed by atoms with E-state index in [0.717, 1.165) is 38.5 Å². The van der Waals surface area contributed by atoms with Crippen LogP contribution in [0.4, 0.5) is 0 Å². The molecule has 6 nitrogen and oxygen atoms in total. The van der Waals surface area contributed by atoms with Gasteiger partial charge in [0.1, 0.15) is 17.5 Å². The first-order chi connectivity index (χ1) is 13.0. The summed E-state index contributed by atoms with van der Waals surface area (Å²) >= 11 is 0. The summed E-state index contributed by atoms with van der Waals surface area (Å²) in [6.07, 6.45) is 5.55. The molecule has 3 fully saturated rings. The van der Waals surface area contributed by atoms with Gasteiger partial charge in [-0.05, 0) is 56.6 Å². The number of methoxy groups -OCH3 is 1. The minimum atomic E-state index is -0.685. The summed E-state index contributed by atoms with van der Waals surface area (Å²) in [4.78, 5) is 28.2. The number of amides is 2. The Balaban J connectivity index is 1.67. The van der Waals surface area contributed by atoms with Crippen molar-refractivity contribution in [3.63, 3.8) is 0 Å². The van der Waals surface area contributed by atoms with Crippen molar-refractivity contribution in [1.29, 1.82) is 0 Å². The van der Waals surface area contributed by atoms with Gasteiger partial charge in [-0.1, -0.05) is 19.1 Å². The minimum Gasteiger partial charge on any atom is -0.496 e. The Morgan fingerprint density at radius 3 is 2.56 bits per heavy atom. The zero-order valence-corrected chi connectivity index (χ0v) is 16.1. The summed E-state index contributed by atoms with van der Waals surface area (Å²) in [5.74, 6) is 0.851. The number of benzene rings is 1. The molecule has 27 heavy (non-hydrogen) atoms. The van der Waals surface area contributed by atoms with Crippen LogP contribution in [-0.2, 0) is 9.53 Å². The van der Waals surface area contributed by atoms with Gasteiger partial charge in [0.2, 0.25) is 5.91 Å². The molecule has 1 unspecified atom stereocenters. The van der Waals surface area contributed by atoms with Crippen molar-refractivity contribution in [2.75, 3.05) is 13.7 Å². The highest BCUT2D eigenvalue weighted by Gasteiger charge is 2.54.